The largest absolute Gasteiger partial charge is 0.381 e. The highest BCUT2D eigenvalue weighted by molar-refractivity contribution is 5.34. The van der Waals surface area contributed by atoms with E-state index in [1.54, 1.807) is 7.11 Å². The molecule has 0 amide bonds. The van der Waals surface area contributed by atoms with Gasteiger partial charge in [0.25, 0.3) is 0 Å². The standard InChI is InChI=1S/C21H25NO3/c1-23-18-12-13-22-19(14-18)20-15-24-21(25-20,16-8-4-2-5-9-16)17-10-6-3-7-11-17/h2-11,18-20,22H,12-15H2,1H3/t18-,19-,20-/m0/s1. The van der Waals surface area contributed by atoms with E-state index in [4.69, 9.17) is 14.2 Å². The maximum Gasteiger partial charge on any atom is 0.222 e. The third-order valence-electron chi connectivity index (χ3n) is 5.25. The number of ether oxygens (including phenoxy) is 3. The Labute approximate surface area is 149 Å². The summed E-state index contributed by atoms with van der Waals surface area (Å²) in [5.74, 6) is -0.838. The second kappa shape index (κ2) is 7.26. The lowest BCUT2D eigenvalue weighted by atomic mass is 9.96. The zero-order valence-electron chi connectivity index (χ0n) is 14.6. The van der Waals surface area contributed by atoms with E-state index in [-0.39, 0.29) is 12.1 Å². The van der Waals surface area contributed by atoms with Crippen LogP contribution in [0.2, 0.25) is 0 Å². The van der Waals surface area contributed by atoms with Gasteiger partial charge < -0.3 is 19.5 Å². The Balaban J connectivity index is 1.63. The van der Waals surface area contributed by atoms with Gasteiger partial charge in [0.1, 0.15) is 6.10 Å². The van der Waals surface area contributed by atoms with Crippen molar-refractivity contribution in [2.45, 2.75) is 36.9 Å². The Morgan fingerprint density at radius 2 is 1.64 bits per heavy atom. The van der Waals surface area contributed by atoms with Gasteiger partial charge in [0.05, 0.1) is 12.7 Å². The fourth-order valence-corrected chi connectivity index (χ4v) is 3.87. The Bertz CT molecular complexity index is 637. The molecule has 0 aliphatic carbocycles. The van der Waals surface area contributed by atoms with Gasteiger partial charge in [-0.2, -0.15) is 0 Å². The molecule has 2 aliphatic rings. The third-order valence-corrected chi connectivity index (χ3v) is 5.25. The second-order valence-corrected chi connectivity index (χ2v) is 6.76. The summed E-state index contributed by atoms with van der Waals surface area (Å²) in [4.78, 5) is 0. The van der Waals surface area contributed by atoms with Gasteiger partial charge in [-0.25, -0.2) is 0 Å². The van der Waals surface area contributed by atoms with E-state index in [1.165, 1.54) is 0 Å². The molecule has 0 unspecified atom stereocenters. The fraction of sp³-hybridized carbons (Fsp3) is 0.429. The summed E-state index contributed by atoms with van der Waals surface area (Å²) in [6.07, 6.45) is 2.28. The van der Waals surface area contributed by atoms with Crippen molar-refractivity contribution in [1.29, 1.82) is 0 Å². The molecule has 3 atom stereocenters. The smallest absolute Gasteiger partial charge is 0.222 e. The van der Waals surface area contributed by atoms with Crippen molar-refractivity contribution in [2.75, 3.05) is 20.3 Å². The first kappa shape index (κ1) is 16.7. The number of nitrogens with one attached hydrogen (secondary N) is 1. The highest BCUT2D eigenvalue weighted by Gasteiger charge is 2.47. The molecule has 2 fully saturated rings. The molecule has 0 bridgehead atoms. The van der Waals surface area contributed by atoms with Crippen molar-refractivity contribution in [3.05, 3.63) is 71.8 Å². The van der Waals surface area contributed by atoms with Crippen molar-refractivity contribution in [2.24, 2.45) is 0 Å². The van der Waals surface area contributed by atoms with Gasteiger partial charge >= 0.3 is 0 Å². The molecule has 2 aromatic rings. The van der Waals surface area contributed by atoms with E-state index >= 15 is 0 Å². The summed E-state index contributed by atoms with van der Waals surface area (Å²) >= 11 is 0. The average Bonchev–Trinajstić information content (AvgIpc) is 3.16. The SMILES string of the molecule is CO[C@H]1CCN[C@H]([C@@H]2COC(c3ccccc3)(c3ccccc3)O2)C1. The molecule has 132 valence electrons. The number of hydrogen-bond acceptors (Lipinski definition) is 4. The summed E-state index contributed by atoms with van der Waals surface area (Å²) in [5.41, 5.74) is 2.06. The summed E-state index contributed by atoms with van der Waals surface area (Å²) < 4.78 is 18.5. The minimum atomic E-state index is -0.838. The van der Waals surface area contributed by atoms with Crippen LogP contribution in [0.15, 0.2) is 60.7 Å². The van der Waals surface area contributed by atoms with Crippen molar-refractivity contribution in [3.63, 3.8) is 0 Å². The van der Waals surface area contributed by atoms with Crippen molar-refractivity contribution >= 4 is 0 Å². The molecule has 2 heterocycles. The van der Waals surface area contributed by atoms with E-state index < -0.39 is 5.79 Å². The lowest BCUT2D eigenvalue weighted by Crippen LogP contribution is -2.49. The quantitative estimate of drug-likeness (QED) is 0.929. The van der Waals surface area contributed by atoms with Crippen LogP contribution in [0, 0.1) is 0 Å². The van der Waals surface area contributed by atoms with Gasteiger partial charge in [-0.3, -0.25) is 0 Å². The number of hydrogen-bond donors (Lipinski definition) is 1. The van der Waals surface area contributed by atoms with Crippen molar-refractivity contribution < 1.29 is 14.2 Å². The molecule has 4 heteroatoms. The molecule has 1 N–H and O–H groups in total. The fourth-order valence-electron chi connectivity index (χ4n) is 3.87. The lowest BCUT2D eigenvalue weighted by molar-refractivity contribution is -0.148. The molecule has 4 nitrogen and oxygen atoms in total. The molecule has 0 spiro atoms. The molecule has 2 aromatic carbocycles. The number of methoxy groups -OCH3 is 1. The number of rotatable bonds is 4. The first-order valence-electron chi connectivity index (χ1n) is 9.01. The summed E-state index contributed by atoms with van der Waals surface area (Å²) in [5, 5.41) is 3.58. The molecule has 0 saturated carbocycles. The lowest BCUT2D eigenvalue weighted by Gasteiger charge is -2.34. The van der Waals surface area contributed by atoms with Crippen LogP contribution in [0.25, 0.3) is 0 Å². The molecule has 2 saturated heterocycles. The van der Waals surface area contributed by atoms with E-state index in [0.29, 0.717) is 12.7 Å². The van der Waals surface area contributed by atoms with Gasteiger partial charge in [0.2, 0.25) is 5.79 Å². The van der Waals surface area contributed by atoms with E-state index in [9.17, 15) is 0 Å². The normalized spacial score (nSPS) is 28.8. The van der Waals surface area contributed by atoms with E-state index in [0.717, 1.165) is 30.5 Å². The van der Waals surface area contributed by atoms with Crippen LogP contribution in [-0.2, 0) is 20.0 Å². The Morgan fingerprint density at radius 3 is 2.24 bits per heavy atom. The Hall–Kier alpha value is -1.72. The molecular formula is C21H25NO3. The average molecular weight is 339 g/mol. The zero-order chi connectivity index (χ0) is 17.1. The van der Waals surface area contributed by atoms with Gasteiger partial charge in [0.15, 0.2) is 0 Å². The van der Waals surface area contributed by atoms with Gasteiger partial charge in [-0.1, -0.05) is 60.7 Å². The first-order chi connectivity index (χ1) is 12.3. The molecular weight excluding hydrogens is 314 g/mol. The highest BCUT2D eigenvalue weighted by Crippen LogP contribution is 2.41. The van der Waals surface area contributed by atoms with Crippen molar-refractivity contribution in [3.8, 4) is 0 Å². The predicted molar refractivity (Wildman–Crippen MR) is 96.3 cm³/mol. The summed E-state index contributed by atoms with van der Waals surface area (Å²) in [7, 11) is 1.79. The molecule has 25 heavy (non-hydrogen) atoms. The topological polar surface area (TPSA) is 39.7 Å². The predicted octanol–water partition coefficient (Wildman–Crippen LogP) is 3.07. The maximum absolute atomic E-state index is 6.61. The third kappa shape index (κ3) is 3.23. The van der Waals surface area contributed by atoms with Crippen LogP contribution in [0.4, 0.5) is 0 Å². The summed E-state index contributed by atoms with van der Waals surface area (Å²) in [6.45, 7) is 1.52. The number of benzene rings is 2. The highest BCUT2D eigenvalue weighted by atomic mass is 16.7. The van der Waals surface area contributed by atoms with Crippen LogP contribution in [-0.4, -0.2) is 38.5 Å². The molecule has 2 aliphatic heterocycles. The van der Waals surface area contributed by atoms with E-state index in [1.807, 2.05) is 36.4 Å². The number of piperidine rings is 1. The van der Waals surface area contributed by atoms with Crippen LogP contribution < -0.4 is 5.32 Å². The van der Waals surface area contributed by atoms with Gasteiger partial charge in [-0.15, -0.1) is 0 Å². The van der Waals surface area contributed by atoms with Gasteiger partial charge in [-0.05, 0) is 19.4 Å². The Kier molecular flexibility index (Phi) is 4.86. The van der Waals surface area contributed by atoms with Crippen LogP contribution in [0.1, 0.15) is 24.0 Å². The molecule has 0 aromatic heterocycles. The maximum atomic E-state index is 6.61. The van der Waals surface area contributed by atoms with E-state index in [2.05, 4.69) is 29.6 Å². The monoisotopic (exact) mass is 339 g/mol. The van der Waals surface area contributed by atoms with Crippen molar-refractivity contribution in [1.82, 2.24) is 5.32 Å². The van der Waals surface area contributed by atoms with Crippen LogP contribution >= 0.6 is 0 Å². The second-order valence-electron chi connectivity index (χ2n) is 6.76. The van der Waals surface area contributed by atoms with Crippen LogP contribution in [0.3, 0.4) is 0 Å². The molecule has 0 radical (unpaired) electrons. The molecule has 4 rings (SSSR count). The zero-order valence-corrected chi connectivity index (χ0v) is 14.6. The summed E-state index contributed by atoms with van der Waals surface area (Å²) in [6, 6.07) is 20.7. The van der Waals surface area contributed by atoms with Crippen LogP contribution in [0.5, 0.6) is 0 Å². The minimum Gasteiger partial charge on any atom is -0.381 e. The minimum absolute atomic E-state index is 0.00152. The first-order valence-corrected chi connectivity index (χ1v) is 9.01. The Morgan fingerprint density at radius 1 is 1.00 bits per heavy atom. The van der Waals surface area contributed by atoms with Gasteiger partial charge in [0, 0.05) is 24.3 Å².